The summed E-state index contributed by atoms with van der Waals surface area (Å²) in [6, 6.07) is 0.760. The van der Waals surface area contributed by atoms with E-state index in [4.69, 9.17) is 0 Å². The molecule has 0 aromatic rings. The molecule has 1 N–H and O–H groups in total. The summed E-state index contributed by atoms with van der Waals surface area (Å²) < 4.78 is 11.4. The van der Waals surface area contributed by atoms with Crippen LogP contribution in [0.5, 0.6) is 0 Å². The zero-order chi connectivity index (χ0) is 7.90. The Morgan fingerprint density at radius 3 is 2.55 bits per heavy atom. The lowest BCUT2D eigenvalue weighted by molar-refractivity contribution is 0.627. The summed E-state index contributed by atoms with van der Waals surface area (Å²) in [5.74, 6) is 0. The molecule has 0 bridgehead atoms. The molecule has 0 aliphatic heterocycles. The van der Waals surface area contributed by atoms with Crippen LogP contribution in [0.2, 0.25) is 0 Å². The minimum atomic E-state index is -0.616. The van der Waals surface area contributed by atoms with Crippen LogP contribution in [-0.2, 0) is 10.8 Å². The van der Waals surface area contributed by atoms with E-state index < -0.39 is 10.8 Å². The van der Waals surface area contributed by atoms with Gasteiger partial charge in [0.1, 0.15) is 0 Å². The largest absolute Gasteiger partial charge is 0.313 e. The molecule has 1 unspecified atom stereocenters. The first-order chi connectivity index (χ1) is 5.23. The summed E-state index contributed by atoms with van der Waals surface area (Å²) in [6.07, 6.45) is 6.81. The molecule has 0 heterocycles. The highest BCUT2D eigenvalue weighted by atomic mass is 32.2. The summed E-state index contributed by atoms with van der Waals surface area (Å²) in [6.45, 7) is 0.987. The summed E-state index contributed by atoms with van der Waals surface area (Å²) in [5, 5.41) is 3.45. The first-order valence-corrected chi connectivity index (χ1v) is 5.86. The Bertz CT molecular complexity index is 185. The standard InChI is InChI=1S/C8H15NOS/c1-11(10)8(4-5-8)6-9-7-2-3-7/h7,9H,2-6H2,1H3. The zero-order valence-corrected chi connectivity index (χ0v) is 7.75. The molecule has 2 aliphatic carbocycles. The maximum Gasteiger partial charge on any atom is 0.0581 e. The third-order valence-corrected chi connectivity index (χ3v) is 4.48. The van der Waals surface area contributed by atoms with Crippen molar-refractivity contribution in [2.24, 2.45) is 0 Å². The fourth-order valence-electron chi connectivity index (χ4n) is 1.32. The highest BCUT2D eigenvalue weighted by Gasteiger charge is 2.47. The van der Waals surface area contributed by atoms with Gasteiger partial charge in [-0.25, -0.2) is 0 Å². The van der Waals surface area contributed by atoms with Gasteiger partial charge in [0.2, 0.25) is 0 Å². The van der Waals surface area contributed by atoms with Gasteiger partial charge in [0.25, 0.3) is 0 Å². The molecule has 0 aromatic carbocycles. The Hall–Kier alpha value is 0.110. The predicted octanol–water partition coefficient (Wildman–Crippen LogP) is 0.649. The van der Waals surface area contributed by atoms with Crippen molar-refractivity contribution in [1.82, 2.24) is 5.32 Å². The molecular formula is C8H15NOS. The second-order valence-electron chi connectivity index (χ2n) is 3.79. The molecule has 2 saturated carbocycles. The van der Waals surface area contributed by atoms with E-state index in [9.17, 15) is 4.21 Å². The molecule has 2 rings (SSSR count). The molecule has 11 heavy (non-hydrogen) atoms. The van der Waals surface area contributed by atoms with Crippen molar-refractivity contribution in [1.29, 1.82) is 0 Å². The number of nitrogens with one attached hydrogen (secondary N) is 1. The third-order valence-electron chi connectivity index (χ3n) is 2.71. The van der Waals surface area contributed by atoms with Gasteiger partial charge >= 0.3 is 0 Å². The zero-order valence-electron chi connectivity index (χ0n) is 6.93. The number of hydrogen-bond donors (Lipinski definition) is 1. The van der Waals surface area contributed by atoms with Crippen LogP contribution in [0, 0.1) is 0 Å². The SMILES string of the molecule is CS(=O)C1(CNC2CC2)CC1. The first kappa shape index (κ1) is 7.74. The normalized spacial score (nSPS) is 29.9. The van der Waals surface area contributed by atoms with Crippen LogP contribution < -0.4 is 5.32 Å². The quantitative estimate of drug-likeness (QED) is 0.676. The van der Waals surface area contributed by atoms with Crippen LogP contribution in [0.3, 0.4) is 0 Å². The highest BCUT2D eigenvalue weighted by Crippen LogP contribution is 2.40. The van der Waals surface area contributed by atoms with Gasteiger partial charge in [-0.15, -0.1) is 0 Å². The van der Waals surface area contributed by atoms with Crippen LogP contribution in [0.25, 0.3) is 0 Å². The van der Waals surface area contributed by atoms with E-state index in [1.165, 1.54) is 12.8 Å². The van der Waals surface area contributed by atoms with Crippen LogP contribution in [-0.4, -0.2) is 27.8 Å². The van der Waals surface area contributed by atoms with Gasteiger partial charge in [-0.2, -0.15) is 0 Å². The molecule has 64 valence electrons. The maximum absolute atomic E-state index is 11.2. The van der Waals surface area contributed by atoms with Crippen LogP contribution in [0.15, 0.2) is 0 Å². The molecule has 2 aliphatic rings. The summed E-state index contributed by atoms with van der Waals surface area (Å²) in [4.78, 5) is 0. The highest BCUT2D eigenvalue weighted by molar-refractivity contribution is 7.86. The molecule has 0 aromatic heterocycles. The second-order valence-corrected chi connectivity index (χ2v) is 5.57. The van der Waals surface area contributed by atoms with Crippen molar-refractivity contribution < 1.29 is 4.21 Å². The van der Waals surface area contributed by atoms with Gasteiger partial charge in [-0.05, 0) is 25.7 Å². The lowest BCUT2D eigenvalue weighted by Crippen LogP contribution is -2.32. The Labute approximate surface area is 70.2 Å². The van der Waals surface area contributed by atoms with E-state index >= 15 is 0 Å². The fraction of sp³-hybridized carbons (Fsp3) is 1.00. The van der Waals surface area contributed by atoms with Crippen molar-refractivity contribution in [3.63, 3.8) is 0 Å². The maximum atomic E-state index is 11.2. The van der Waals surface area contributed by atoms with Crippen LogP contribution in [0.4, 0.5) is 0 Å². The summed E-state index contributed by atoms with van der Waals surface area (Å²) >= 11 is 0. The molecule has 0 amide bonds. The Balaban J connectivity index is 1.79. The summed E-state index contributed by atoms with van der Waals surface area (Å²) in [5.41, 5.74) is 0. The Morgan fingerprint density at radius 2 is 2.18 bits per heavy atom. The Kier molecular flexibility index (Phi) is 1.80. The van der Waals surface area contributed by atoms with E-state index in [1.807, 2.05) is 6.26 Å². The first-order valence-electron chi connectivity index (χ1n) is 4.30. The van der Waals surface area contributed by atoms with Crippen molar-refractivity contribution in [2.75, 3.05) is 12.8 Å². The predicted molar refractivity (Wildman–Crippen MR) is 47.1 cm³/mol. The molecule has 0 radical (unpaired) electrons. The number of hydrogen-bond acceptors (Lipinski definition) is 2. The van der Waals surface area contributed by atoms with Crippen LogP contribution >= 0.6 is 0 Å². The van der Waals surface area contributed by atoms with Gasteiger partial charge < -0.3 is 5.32 Å². The fourth-order valence-corrected chi connectivity index (χ4v) is 2.29. The van der Waals surface area contributed by atoms with Crippen molar-refractivity contribution in [3.8, 4) is 0 Å². The number of rotatable bonds is 4. The minimum absolute atomic E-state index is 0.183. The molecular weight excluding hydrogens is 158 g/mol. The molecule has 0 saturated heterocycles. The van der Waals surface area contributed by atoms with Crippen molar-refractivity contribution in [3.05, 3.63) is 0 Å². The molecule has 0 spiro atoms. The summed E-state index contributed by atoms with van der Waals surface area (Å²) in [7, 11) is -0.616. The van der Waals surface area contributed by atoms with E-state index in [1.54, 1.807) is 0 Å². The minimum Gasteiger partial charge on any atom is -0.313 e. The third kappa shape index (κ3) is 1.64. The topological polar surface area (TPSA) is 29.1 Å². The smallest absolute Gasteiger partial charge is 0.0581 e. The molecule has 3 heteroatoms. The van der Waals surface area contributed by atoms with E-state index in [-0.39, 0.29) is 4.75 Å². The van der Waals surface area contributed by atoms with Crippen molar-refractivity contribution in [2.45, 2.75) is 36.5 Å². The Morgan fingerprint density at radius 1 is 1.55 bits per heavy atom. The van der Waals surface area contributed by atoms with Gasteiger partial charge in [-0.3, -0.25) is 4.21 Å². The lowest BCUT2D eigenvalue weighted by Gasteiger charge is -2.11. The molecule has 1 atom stereocenters. The second kappa shape index (κ2) is 2.56. The monoisotopic (exact) mass is 173 g/mol. The van der Waals surface area contributed by atoms with Gasteiger partial charge in [0.15, 0.2) is 0 Å². The average molecular weight is 173 g/mol. The van der Waals surface area contributed by atoms with E-state index in [0.717, 1.165) is 25.4 Å². The van der Waals surface area contributed by atoms with Crippen LogP contribution in [0.1, 0.15) is 25.7 Å². The van der Waals surface area contributed by atoms with Crippen molar-refractivity contribution >= 4 is 10.8 Å². The van der Waals surface area contributed by atoms with Gasteiger partial charge in [0, 0.05) is 29.6 Å². The lowest BCUT2D eigenvalue weighted by atomic mass is 10.4. The average Bonchev–Trinajstić information content (AvgIpc) is 2.82. The van der Waals surface area contributed by atoms with E-state index in [0.29, 0.717) is 0 Å². The van der Waals surface area contributed by atoms with Gasteiger partial charge in [0.05, 0.1) is 4.75 Å². The molecule has 2 nitrogen and oxygen atoms in total. The van der Waals surface area contributed by atoms with Gasteiger partial charge in [-0.1, -0.05) is 0 Å². The van der Waals surface area contributed by atoms with E-state index in [2.05, 4.69) is 5.32 Å². The molecule has 2 fully saturated rings.